The molecule has 1 saturated heterocycles. The molecule has 1 fully saturated rings. The third-order valence-electron chi connectivity index (χ3n) is 4.14. The number of carbonyl (C=O) groups excluding carboxylic acids is 2. The van der Waals surface area contributed by atoms with Crippen LogP contribution in [0.25, 0.3) is 0 Å². The van der Waals surface area contributed by atoms with Gasteiger partial charge in [-0.25, -0.2) is 8.78 Å². The van der Waals surface area contributed by atoms with Crippen LogP contribution in [0.15, 0.2) is 36.9 Å². The number of benzene rings is 1. The van der Waals surface area contributed by atoms with Crippen LogP contribution in [0.2, 0.25) is 0 Å². The molecule has 130 valence electrons. The predicted molar refractivity (Wildman–Crippen MR) is 86.1 cm³/mol. The van der Waals surface area contributed by atoms with Crippen LogP contribution in [-0.2, 0) is 9.53 Å². The van der Waals surface area contributed by atoms with Gasteiger partial charge < -0.3 is 15.4 Å². The molecule has 1 aromatic rings. The second-order valence-electron chi connectivity index (χ2n) is 5.81. The molecule has 1 aromatic carbocycles. The number of hydrogen-bond donors (Lipinski definition) is 2. The van der Waals surface area contributed by atoms with Crippen molar-refractivity contribution in [3.05, 3.63) is 42.5 Å². The molecule has 0 unspecified atom stereocenters. The maximum absolute atomic E-state index is 14.1. The fourth-order valence-electron chi connectivity index (χ4n) is 2.58. The number of hydrogen-bond acceptors (Lipinski definition) is 3. The Balaban J connectivity index is 2.12. The second kappa shape index (κ2) is 7.09. The van der Waals surface area contributed by atoms with E-state index in [0.29, 0.717) is 5.69 Å². The summed E-state index contributed by atoms with van der Waals surface area (Å²) in [7, 11) is 0. The zero-order valence-corrected chi connectivity index (χ0v) is 13.4. The molecule has 2 rings (SSSR count). The lowest BCUT2D eigenvalue weighted by molar-refractivity contribution is -0.112. The molecule has 7 heteroatoms. The Labute approximate surface area is 139 Å². The van der Waals surface area contributed by atoms with Crippen LogP contribution in [0.5, 0.6) is 0 Å². The van der Waals surface area contributed by atoms with Gasteiger partial charge in [0, 0.05) is 31.4 Å². The third-order valence-corrected chi connectivity index (χ3v) is 4.14. The summed E-state index contributed by atoms with van der Waals surface area (Å²) in [5.41, 5.74) is -0.891. The average Bonchev–Trinajstić information content (AvgIpc) is 2.55. The molecule has 1 aliphatic rings. The minimum Gasteiger partial charge on any atom is -0.381 e. The number of carbonyl (C=O) groups is 2. The number of alkyl halides is 2. The molecule has 0 saturated carbocycles. The van der Waals surface area contributed by atoms with Crippen molar-refractivity contribution < 1.29 is 23.1 Å². The number of rotatable bonds is 5. The van der Waals surface area contributed by atoms with Gasteiger partial charge in [0.15, 0.2) is 0 Å². The molecular weight excluding hydrogens is 318 g/mol. The summed E-state index contributed by atoms with van der Waals surface area (Å²) in [6.45, 7) is 4.51. The first kappa shape index (κ1) is 18.1. The highest BCUT2D eigenvalue weighted by Crippen LogP contribution is 2.36. The number of ether oxygens (including phenoxy) is 1. The predicted octanol–water partition coefficient (Wildman–Crippen LogP) is 2.75. The van der Waals surface area contributed by atoms with Gasteiger partial charge in [-0.05, 0) is 43.2 Å². The van der Waals surface area contributed by atoms with Gasteiger partial charge in [-0.1, -0.05) is 6.58 Å². The van der Waals surface area contributed by atoms with Crippen LogP contribution < -0.4 is 10.6 Å². The standard InChI is InChI=1S/C17H20F2N2O3/c1-3-14(22)20-13-6-4-12(5-7-13)15(23)21-17(16(2,18)19)8-10-24-11-9-17/h3-7H,1,8-11H2,2H3,(H,20,22)(H,21,23). The summed E-state index contributed by atoms with van der Waals surface area (Å²) in [5.74, 6) is -4.02. The third kappa shape index (κ3) is 3.97. The fourth-order valence-corrected chi connectivity index (χ4v) is 2.58. The topological polar surface area (TPSA) is 67.4 Å². The highest BCUT2D eigenvalue weighted by molar-refractivity contribution is 5.99. The molecule has 0 aliphatic carbocycles. The van der Waals surface area contributed by atoms with Crippen molar-refractivity contribution in [1.82, 2.24) is 5.32 Å². The zero-order valence-electron chi connectivity index (χ0n) is 13.4. The van der Waals surface area contributed by atoms with E-state index in [1.807, 2.05) is 0 Å². The summed E-state index contributed by atoms with van der Waals surface area (Å²) in [4.78, 5) is 23.6. The largest absolute Gasteiger partial charge is 0.381 e. The van der Waals surface area contributed by atoms with E-state index in [4.69, 9.17) is 4.74 Å². The lowest BCUT2D eigenvalue weighted by atomic mass is 9.83. The van der Waals surface area contributed by atoms with Crippen molar-refractivity contribution in [3.63, 3.8) is 0 Å². The van der Waals surface area contributed by atoms with E-state index in [1.54, 1.807) is 0 Å². The lowest BCUT2D eigenvalue weighted by Gasteiger charge is -2.42. The molecule has 1 heterocycles. The highest BCUT2D eigenvalue weighted by Gasteiger charge is 2.51. The van der Waals surface area contributed by atoms with Crippen molar-refractivity contribution in [2.24, 2.45) is 0 Å². The number of halogens is 2. The van der Waals surface area contributed by atoms with Gasteiger partial charge >= 0.3 is 0 Å². The summed E-state index contributed by atoms with van der Waals surface area (Å²) >= 11 is 0. The maximum atomic E-state index is 14.1. The summed E-state index contributed by atoms with van der Waals surface area (Å²) in [5, 5.41) is 5.03. The van der Waals surface area contributed by atoms with Crippen LogP contribution in [-0.4, -0.2) is 36.5 Å². The Morgan fingerprint density at radius 3 is 2.33 bits per heavy atom. The molecule has 0 bridgehead atoms. The number of amides is 2. The molecule has 24 heavy (non-hydrogen) atoms. The van der Waals surface area contributed by atoms with E-state index >= 15 is 0 Å². The van der Waals surface area contributed by atoms with Crippen molar-refractivity contribution in [3.8, 4) is 0 Å². The van der Waals surface area contributed by atoms with E-state index in [-0.39, 0.29) is 37.5 Å². The van der Waals surface area contributed by atoms with Gasteiger partial charge in [0.2, 0.25) is 5.91 Å². The van der Waals surface area contributed by atoms with Crippen LogP contribution in [0.4, 0.5) is 14.5 Å². The molecule has 1 aliphatic heterocycles. The fraction of sp³-hybridized carbons (Fsp3) is 0.412. The van der Waals surface area contributed by atoms with Gasteiger partial charge in [0.25, 0.3) is 11.8 Å². The molecule has 0 spiro atoms. The van der Waals surface area contributed by atoms with Crippen molar-refractivity contribution in [2.45, 2.75) is 31.2 Å². The average molecular weight is 338 g/mol. The molecule has 0 aromatic heterocycles. The van der Waals surface area contributed by atoms with E-state index in [2.05, 4.69) is 17.2 Å². The molecule has 0 radical (unpaired) electrons. The first-order valence-corrected chi connectivity index (χ1v) is 7.59. The van der Waals surface area contributed by atoms with Crippen molar-refractivity contribution in [1.29, 1.82) is 0 Å². The van der Waals surface area contributed by atoms with Crippen molar-refractivity contribution in [2.75, 3.05) is 18.5 Å². The molecule has 0 atom stereocenters. The Bertz CT molecular complexity index is 618. The van der Waals surface area contributed by atoms with Crippen LogP contribution >= 0.6 is 0 Å². The Kier molecular flexibility index (Phi) is 5.33. The Morgan fingerprint density at radius 2 is 1.83 bits per heavy atom. The minimum atomic E-state index is -3.07. The lowest BCUT2D eigenvalue weighted by Crippen LogP contribution is -2.61. The summed E-state index contributed by atoms with van der Waals surface area (Å²) in [6, 6.07) is 5.98. The first-order valence-electron chi connectivity index (χ1n) is 7.59. The van der Waals surface area contributed by atoms with Gasteiger partial charge in [0.1, 0.15) is 5.54 Å². The Morgan fingerprint density at radius 1 is 1.25 bits per heavy atom. The molecule has 2 amide bonds. The quantitative estimate of drug-likeness (QED) is 0.811. The smallest absolute Gasteiger partial charge is 0.268 e. The molecule has 5 nitrogen and oxygen atoms in total. The maximum Gasteiger partial charge on any atom is 0.268 e. The summed E-state index contributed by atoms with van der Waals surface area (Å²) < 4.78 is 33.3. The van der Waals surface area contributed by atoms with Gasteiger partial charge in [-0.2, -0.15) is 0 Å². The van der Waals surface area contributed by atoms with Gasteiger partial charge in [-0.3, -0.25) is 9.59 Å². The Hall–Kier alpha value is -2.28. The van der Waals surface area contributed by atoms with Crippen LogP contribution in [0, 0.1) is 0 Å². The number of nitrogens with one attached hydrogen (secondary N) is 2. The van der Waals surface area contributed by atoms with E-state index in [1.165, 1.54) is 24.3 Å². The van der Waals surface area contributed by atoms with Crippen molar-refractivity contribution >= 4 is 17.5 Å². The van der Waals surface area contributed by atoms with Crippen LogP contribution in [0.1, 0.15) is 30.1 Å². The van der Waals surface area contributed by atoms with Crippen LogP contribution in [0.3, 0.4) is 0 Å². The minimum absolute atomic E-state index is 0.0513. The zero-order chi connectivity index (χ0) is 17.8. The molecule has 2 N–H and O–H groups in total. The van der Waals surface area contributed by atoms with E-state index < -0.39 is 17.4 Å². The summed E-state index contributed by atoms with van der Waals surface area (Å²) in [6.07, 6.45) is 1.23. The molecular formula is C17H20F2N2O3. The monoisotopic (exact) mass is 338 g/mol. The second-order valence-corrected chi connectivity index (χ2v) is 5.81. The number of anilines is 1. The van der Waals surface area contributed by atoms with E-state index in [0.717, 1.165) is 13.0 Å². The van der Waals surface area contributed by atoms with E-state index in [9.17, 15) is 18.4 Å². The first-order chi connectivity index (χ1) is 11.3. The SMILES string of the molecule is C=CC(=O)Nc1ccc(C(=O)NC2(C(C)(F)F)CCOCC2)cc1. The highest BCUT2D eigenvalue weighted by atomic mass is 19.3. The van der Waals surface area contributed by atoms with Gasteiger partial charge in [-0.15, -0.1) is 0 Å². The normalized spacial score (nSPS) is 17.0. The van der Waals surface area contributed by atoms with Gasteiger partial charge in [0.05, 0.1) is 0 Å².